The molecule has 2 aromatic rings. The number of hydrogen-bond donors (Lipinski definition) is 2. The van der Waals surface area contributed by atoms with E-state index in [0.29, 0.717) is 17.5 Å². The molecular weight excluding hydrogens is 266 g/mol. The van der Waals surface area contributed by atoms with Crippen molar-refractivity contribution in [1.82, 2.24) is 9.88 Å². The van der Waals surface area contributed by atoms with Crippen molar-refractivity contribution in [2.24, 2.45) is 0 Å². The Balaban J connectivity index is 1.72. The number of aromatic amines is 1. The number of benzene rings is 1. The molecule has 5 nitrogen and oxygen atoms in total. The minimum atomic E-state index is 0.0553. The lowest BCUT2D eigenvalue weighted by molar-refractivity contribution is 0.0144. The van der Waals surface area contributed by atoms with Gasteiger partial charge in [-0.3, -0.25) is 4.79 Å². The molecule has 3 rings (SSSR count). The average molecular weight is 287 g/mol. The molecule has 112 valence electrons. The maximum Gasteiger partial charge on any atom is 0.270 e. The van der Waals surface area contributed by atoms with Crippen molar-refractivity contribution >= 4 is 22.5 Å². The van der Waals surface area contributed by atoms with E-state index < -0.39 is 0 Å². The fraction of sp³-hybridized carbons (Fsp3) is 0.438. The van der Waals surface area contributed by atoms with E-state index in [1.165, 1.54) is 0 Å². The third-order valence-electron chi connectivity index (χ3n) is 4.01. The lowest BCUT2D eigenvalue weighted by Crippen LogP contribution is -2.41. The van der Waals surface area contributed by atoms with Crippen LogP contribution in [-0.4, -0.2) is 41.6 Å². The minimum absolute atomic E-state index is 0.0553. The number of nitrogens with two attached hydrogens (primary N) is 1. The molecule has 0 saturated carbocycles. The topological polar surface area (TPSA) is 71.3 Å². The summed E-state index contributed by atoms with van der Waals surface area (Å²) in [4.78, 5) is 17.6. The van der Waals surface area contributed by atoms with Gasteiger partial charge < -0.3 is 20.4 Å². The number of carbonyl (C=O) groups is 1. The van der Waals surface area contributed by atoms with Gasteiger partial charge in [-0.1, -0.05) is 0 Å². The van der Waals surface area contributed by atoms with Crippen molar-refractivity contribution in [1.29, 1.82) is 0 Å². The van der Waals surface area contributed by atoms with E-state index in [2.05, 4.69) is 4.98 Å². The molecule has 2 heterocycles. The van der Waals surface area contributed by atoms with Crippen LogP contribution in [-0.2, 0) is 4.74 Å². The summed E-state index contributed by atoms with van der Waals surface area (Å²) in [7, 11) is 0. The zero-order valence-corrected chi connectivity index (χ0v) is 12.3. The van der Waals surface area contributed by atoms with Gasteiger partial charge in [-0.05, 0) is 44.0 Å². The summed E-state index contributed by atoms with van der Waals surface area (Å²) in [6.07, 6.45) is 2.11. The molecule has 0 bridgehead atoms. The highest BCUT2D eigenvalue weighted by Gasteiger charge is 2.24. The Morgan fingerprint density at radius 1 is 1.38 bits per heavy atom. The number of nitrogens with one attached hydrogen (secondary N) is 1. The van der Waals surface area contributed by atoms with Crippen LogP contribution in [0.2, 0.25) is 0 Å². The van der Waals surface area contributed by atoms with Gasteiger partial charge in [0.1, 0.15) is 5.69 Å². The molecule has 5 heteroatoms. The highest BCUT2D eigenvalue weighted by Crippen LogP contribution is 2.21. The van der Waals surface area contributed by atoms with Gasteiger partial charge in [0.25, 0.3) is 5.91 Å². The normalized spacial score (nSPS) is 16.5. The number of likely N-dealkylation sites (tertiary alicyclic amines) is 1. The number of H-pyrrole nitrogens is 1. The number of ether oxygens (including phenoxy) is 1. The lowest BCUT2D eigenvalue weighted by Gasteiger charge is -2.31. The second kappa shape index (κ2) is 5.77. The van der Waals surface area contributed by atoms with Crippen molar-refractivity contribution in [2.45, 2.75) is 25.9 Å². The third-order valence-corrected chi connectivity index (χ3v) is 4.01. The number of fused-ring (bicyclic) bond motifs is 1. The highest BCUT2D eigenvalue weighted by atomic mass is 16.5. The molecule has 0 spiro atoms. The van der Waals surface area contributed by atoms with Crippen LogP contribution >= 0.6 is 0 Å². The Morgan fingerprint density at radius 3 is 2.86 bits per heavy atom. The number of piperidine rings is 1. The van der Waals surface area contributed by atoms with E-state index in [9.17, 15) is 4.79 Å². The number of aromatic nitrogens is 1. The fourth-order valence-corrected chi connectivity index (χ4v) is 2.90. The van der Waals surface area contributed by atoms with Crippen molar-refractivity contribution in [3.8, 4) is 0 Å². The Labute approximate surface area is 124 Å². The summed E-state index contributed by atoms with van der Waals surface area (Å²) < 4.78 is 5.62. The summed E-state index contributed by atoms with van der Waals surface area (Å²) >= 11 is 0. The first-order valence-electron chi connectivity index (χ1n) is 7.46. The maximum atomic E-state index is 12.5. The van der Waals surface area contributed by atoms with E-state index >= 15 is 0 Å². The first-order valence-corrected chi connectivity index (χ1v) is 7.46. The van der Waals surface area contributed by atoms with Crippen LogP contribution in [0.5, 0.6) is 0 Å². The first-order chi connectivity index (χ1) is 10.2. The second-order valence-corrected chi connectivity index (χ2v) is 5.48. The Bertz CT molecular complexity index is 642. The van der Waals surface area contributed by atoms with E-state index in [1.54, 1.807) is 0 Å². The van der Waals surface area contributed by atoms with Crippen molar-refractivity contribution in [2.75, 3.05) is 25.4 Å². The van der Waals surface area contributed by atoms with Gasteiger partial charge in [0.2, 0.25) is 0 Å². The summed E-state index contributed by atoms with van der Waals surface area (Å²) in [5.41, 5.74) is 8.05. The van der Waals surface area contributed by atoms with Gasteiger partial charge in [-0.25, -0.2) is 0 Å². The number of carbonyl (C=O) groups excluding carboxylic acids is 1. The molecule has 1 fully saturated rings. The van der Waals surface area contributed by atoms with Crippen LogP contribution < -0.4 is 5.73 Å². The zero-order chi connectivity index (χ0) is 14.8. The summed E-state index contributed by atoms with van der Waals surface area (Å²) in [5.74, 6) is 0.0553. The second-order valence-electron chi connectivity index (χ2n) is 5.48. The number of rotatable bonds is 3. The summed E-state index contributed by atoms with van der Waals surface area (Å²) in [6, 6.07) is 7.50. The van der Waals surface area contributed by atoms with Crippen LogP contribution in [0, 0.1) is 0 Å². The molecule has 0 aliphatic carbocycles. The molecule has 0 unspecified atom stereocenters. The third kappa shape index (κ3) is 2.88. The van der Waals surface area contributed by atoms with Gasteiger partial charge in [-0.2, -0.15) is 0 Å². The van der Waals surface area contributed by atoms with Gasteiger partial charge >= 0.3 is 0 Å². The number of amides is 1. The molecule has 1 aliphatic rings. The van der Waals surface area contributed by atoms with E-state index in [0.717, 1.165) is 43.4 Å². The van der Waals surface area contributed by atoms with Crippen LogP contribution in [0.25, 0.3) is 10.9 Å². The molecule has 0 atom stereocenters. The predicted molar refractivity (Wildman–Crippen MR) is 83.3 cm³/mol. The Morgan fingerprint density at radius 2 is 2.14 bits per heavy atom. The predicted octanol–water partition coefficient (Wildman–Crippen LogP) is 2.39. The first kappa shape index (κ1) is 13.9. The van der Waals surface area contributed by atoms with Gasteiger partial charge in [0.05, 0.1) is 6.10 Å². The van der Waals surface area contributed by atoms with Crippen molar-refractivity contribution < 1.29 is 9.53 Å². The standard InChI is InChI=1S/C16H21N3O2/c1-2-21-13-5-7-19(8-6-13)16(20)15-10-11-9-12(17)3-4-14(11)18-15/h3-4,9-10,13,18H,2,5-8,17H2,1H3. The number of hydrogen-bond acceptors (Lipinski definition) is 3. The van der Waals surface area contributed by atoms with Crippen LogP contribution in [0.15, 0.2) is 24.3 Å². The highest BCUT2D eigenvalue weighted by molar-refractivity contribution is 5.98. The zero-order valence-electron chi connectivity index (χ0n) is 12.3. The van der Waals surface area contributed by atoms with Crippen LogP contribution in [0.1, 0.15) is 30.3 Å². The average Bonchev–Trinajstić information content (AvgIpc) is 2.90. The molecule has 1 aromatic carbocycles. The van der Waals surface area contributed by atoms with Gasteiger partial charge in [0, 0.05) is 36.3 Å². The summed E-state index contributed by atoms with van der Waals surface area (Å²) in [6.45, 7) is 4.25. The fourth-order valence-electron chi connectivity index (χ4n) is 2.90. The van der Waals surface area contributed by atoms with E-state index in [1.807, 2.05) is 36.1 Å². The molecule has 0 radical (unpaired) electrons. The maximum absolute atomic E-state index is 12.5. The van der Waals surface area contributed by atoms with Gasteiger partial charge in [0.15, 0.2) is 0 Å². The summed E-state index contributed by atoms with van der Waals surface area (Å²) in [5, 5.41) is 0.975. The molecule has 21 heavy (non-hydrogen) atoms. The Kier molecular flexibility index (Phi) is 3.84. The smallest absolute Gasteiger partial charge is 0.270 e. The molecule has 1 amide bonds. The van der Waals surface area contributed by atoms with Crippen molar-refractivity contribution in [3.63, 3.8) is 0 Å². The molecule has 1 aromatic heterocycles. The Hall–Kier alpha value is -2.01. The minimum Gasteiger partial charge on any atom is -0.399 e. The number of nitrogens with zero attached hydrogens (tertiary/aromatic N) is 1. The van der Waals surface area contributed by atoms with Crippen LogP contribution in [0.4, 0.5) is 5.69 Å². The largest absolute Gasteiger partial charge is 0.399 e. The van der Waals surface area contributed by atoms with E-state index in [4.69, 9.17) is 10.5 Å². The van der Waals surface area contributed by atoms with Crippen LogP contribution in [0.3, 0.4) is 0 Å². The number of anilines is 1. The molecule has 1 saturated heterocycles. The molecule has 3 N–H and O–H groups in total. The SMILES string of the molecule is CCOC1CCN(C(=O)c2cc3cc(N)ccc3[nH]2)CC1. The number of nitrogen functional groups attached to an aromatic ring is 1. The quantitative estimate of drug-likeness (QED) is 0.851. The lowest BCUT2D eigenvalue weighted by atomic mass is 10.1. The molecule has 1 aliphatic heterocycles. The van der Waals surface area contributed by atoms with Crippen molar-refractivity contribution in [3.05, 3.63) is 30.0 Å². The van der Waals surface area contributed by atoms with E-state index in [-0.39, 0.29) is 5.91 Å². The molecular formula is C16H21N3O2. The monoisotopic (exact) mass is 287 g/mol. The van der Waals surface area contributed by atoms with Gasteiger partial charge in [-0.15, -0.1) is 0 Å².